The number of para-hydroxylation sites is 1. The maximum Gasteiger partial charge on any atom is 0.164 e. The van der Waals surface area contributed by atoms with Crippen LogP contribution in [0.1, 0.15) is 0 Å². The van der Waals surface area contributed by atoms with Gasteiger partial charge in [-0.15, -0.1) is 11.3 Å². The minimum atomic E-state index is 0.648. The molecule has 9 rings (SSSR count). The summed E-state index contributed by atoms with van der Waals surface area (Å²) in [6, 6.07) is 46.0. The zero-order valence-electron chi connectivity index (χ0n) is 23.4. The number of thiophene rings is 1. The van der Waals surface area contributed by atoms with E-state index in [0.717, 1.165) is 38.9 Å². The number of hydrogen-bond donors (Lipinski definition) is 0. The lowest BCUT2D eigenvalue weighted by atomic mass is 10.1. The summed E-state index contributed by atoms with van der Waals surface area (Å²) in [6.45, 7) is 0. The lowest BCUT2D eigenvalue weighted by molar-refractivity contribution is 1.07. The molecule has 44 heavy (non-hydrogen) atoms. The molecular weight excluding hydrogens is 559 g/mol. The van der Waals surface area contributed by atoms with Crippen LogP contribution in [-0.4, -0.2) is 24.5 Å². The van der Waals surface area contributed by atoms with Crippen molar-refractivity contribution < 1.29 is 0 Å². The Labute approximate surface area is 256 Å². The SMILES string of the molecule is c1ccc(-c2nc(-c3ccccc3)nc(-c3ccc4sc5cccc(-n6c7ccccc7c7cccnc76)c5c4c3)n2)cc1. The van der Waals surface area contributed by atoms with Crippen LogP contribution in [0.15, 0.2) is 140 Å². The van der Waals surface area contributed by atoms with E-state index >= 15 is 0 Å². The third kappa shape index (κ3) is 3.92. The Balaban J connectivity index is 1.30. The van der Waals surface area contributed by atoms with Crippen LogP contribution in [0.5, 0.6) is 0 Å². The Morgan fingerprint density at radius 2 is 1.14 bits per heavy atom. The van der Waals surface area contributed by atoms with E-state index in [-0.39, 0.29) is 0 Å². The topological polar surface area (TPSA) is 56.5 Å². The number of fused-ring (bicyclic) bond motifs is 6. The van der Waals surface area contributed by atoms with E-state index < -0.39 is 0 Å². The van der Waals surface area contributed by atoms with Crippen molar-refractivity contribution in [1.82, 2.24) is 24.5 Å². The summed E-state index contributed by atoms with van der Waals surface area (Å²) < 4.78 is 4.74. The molecule has 6 heteroatoms. The van der Waals surface area contributed by atoms with Gasteiger partial charge in [-0.25, -0.2) is 19.9 Å². The van der Waals surface area contributed by atoms with Crippen molar-refractivity contribution in [3.63, 3.8) is 0 Å². The van der Waals surface area contributed by atoms with Crippen molar-refractivity contribution in [2.45, 2.75) is 0 Å². The van der Waals surface area contributed by atoms with Gasteiger partial charge in [0.1, 0.15) is 5.65 Å². The second-order valence-corrected chi connectivity index (χ2v) is 11.8. The molecule has 0 atom stereocenters. The van der Waals surface area contributed by atoms with Gasteiger partial charge in [-0.3, -0.25) is 4.57 Å². The molecule has 0 aliphatic carbocycles. The fraction of sp³-hybridized carbons (Fsp3) is 0. The number of benzene rings is 5. The van der Waals surface area contributed by atoms with E-state index in [1.807, 2.05) is 72.9 Å². The Morgan fingerprint density at radius 1 is 0.477 bits per heavy atom. The monoisotopic (exact) mass is 581 g/mol. The Kier molecular flexibility index (Phi) is 5.61. The quantitative estimate of drug-likeness (QED) is 0.208. The molecule has 4 heterocycles. The van der Waals surface area contributed by atoms with Gasteiger partial charge in [-0.1, -0.05) is 84.9 Å². The van der Waals surface area contributed by atoms with E-state index in [2.05, 4.69) is 71.3 Å². The molecule has 5 nitrogen and oxygen atoms in total. The molecule has 0 saturated heterocycles. The van der Waals surface area contributed by atoms with E-state index in [1.54, 1.807) is 11.3 Å². The number of rotatable bonds is 4. The molecule has 0 amide bonds. The smallest absolute Gasteiger partial charge is 0.164 e. The van der Waals surface area contributed by atoms with Gasteiger partial charge in [0.15, 0.2) is 17.5 Å². The van der Waals surface area contributed by atoms with Crippen LogP contribution >= 0.6 is 11.3 Å². The molecule has 4 aromatic heterocycles. The van der Waals surface area contributed by atoms with Crippen molar-refractivity contribution >= 4 is 53.4 Å². The molecular formula is C38H23N5S. The summed E-state index contributed by atoms with van der Waals surface area (Å²) in [6.07, 6.45) is 1.87. The highest BCUT2D eigenvalue weighted by Gasteiger charge is 2.19. The molecule has 0 bridgehead atoms. The van der Waals surface area contributed by atoms with E-state index in [1.165, 1.54) is 25.6 Å². The summed E-state index contributed by atoms with van der Waals surface area (Å²) in [7, 11) is 0. The molecule has 0 aliphatic rings. The van der Waals surface area contributed by atoms with Gasteiger partial charge >= 0.3 is 0 Å². The highest BCUT2D eigenvalue weighted by molar-refractivity contribution is 7.25. The number of pyridine rings is 1. The van der Waals surface area contributed by atoms with Crippen LogP contribution < -0.4 is 0 Å². The molecule has 0 radical (unpaired) electrons. The zero-order chi connectivity index (χ0) is 29.0. The maximum absolute atomic E-state index is 4.99. The first-order valence-electron chi connectivity index (χ1n) is 14.5. The summed E-state index contributed by atoms with van der Waals surface area (Å²) in [5.74, 6) is 1.96. The van der Waals surface area contributed by atoms with Crippen molar-refractivity contribution in [3.8, 4) is 39.9 Å². The van der Waals surface area contributed by atoms with Crippen LogP contribution in [0.3, 0.4) is 0 Å². The molecule has 206 valence electrons. The second-order valence-electron chi connectivity index (χ2n) is 10.7. The first-order chi connectivity index (χ1) is 21.8. The van der Waals surface area contributed by atoms with Crippen LogP contribution in [-0.2, 0) is 0 Å². The molecule has 0 aliphatic heterocycles. The van der Waals surface area contributed by atoms with Crippen LogP contribution in [0, 0.1) is 0 Å². The first-order valence-corrected chi connectivity index (χ1v) is 15.3. The third-order valence-corrected chi connectivity index (χ3v) is 9.24. The van der Waals surface area contributed by atoms with E-state index in [9.17, 15) is 0 Å². The Hall–Kier alpha value is -5.72. The summed E-state index contributed by atoms with van der Waals surface area (Å²) in [5, 5.41) is 4.71. The molecule has 0 fully saturated rings. The van der Waals surface area contributed by atoms with Crippen molar-refractivity contribution in [2.75, 3.05) is 0 Å². The standard InChI is InChI=1S/C38H23N5S/c1-3-11-24(12-4-1)35-40-36(25-13-5-2-6-14-25)42-37(41-35)26-20-21-32-29(23-26)34-31(18-9-19-33(34)44-32)43-30-17-8-7-15-27(30)28-16-10-22-39-38(28)43/h1-23H. The zero-order valence-corrected chi connectivity index (χ0v) is 24.2. The predicted octanol–water partition coefficient (Wildman–Crippen LogP) is 9.73. The van der Waals surface area contributed by atoms with Gasteiger partial charge in [-0.2, -0.15) is 0 Å². The molecule has 5 aromatic carbocycles. The minimum Gasteiger partial charge on any atom is -0.293 e. The largest absolute Gasteiger partial charge is 0.293 e. The fourth-order valence-corrected chi connectivity index (χ4v) is 7.22. The van der Waals surface area contributed by atoms with Gasteiger partial charge in [0, 0.05) is 53.8 Å². The number of nitrogens with zero attached hydrogens (tertiary/aromatic N) is 5. The normalized spacial score (nSPS) is 11.6. The maximum atomic E-state index is 4.99. The minimum absolute atomic E-state index is 0.648. The average molecular weight is 582 g/mol. The van der Waals surface area contributed by atoms with Crippen molar-refractivity contribution in [2.24, 2.45) is 0 Å². The van der Waals surface area contributed by atoms with Gasteiger partial charge in [-0.05, 0) is 48.5 Å². The van der Waals surface area contributed by atoms with E-state index in [0.29, 0.717) is 17.5 Å². The average Bonchev–Trinajstić information content (AvgIpc) is 3.64. The lowest BCUT2D eigenvalue weighted by Crippen LogP contribution is -2.00. The van der Waals surface area contributed by atoms with Crippen LogP contribution in [0.4, 0.5) is 0 Å². The van der Waals surface area contributed by atoms with Gasteiger partial charge < -0.3 is 0 Å². The highest BCUT2D eigenvalue weighted by atomic mass is 32.1. The first kappa shape index (κ1) is 24.8. The highest BCUT2D eigenvalue weighted by Crippen LogP contribution is 2.41. The van der Waals surface area contributed by atoms with E-state index in [4.69, 9.17) is 19.9 Å². The summed E-state index contributed by atoms with van der Waals surface area (Å²) >= 11 is 1.80. The Morgan fingerprint density at radius 3 is 1.89 bits per heavy atom. The Bertz CT molecular complexity index is 2390. The summed E-state index contributed by atoms with van der Waals surface area (Å²) in [4.78, 5) is 19.7. The third-order valence-electron chi connectivity index (χ3n) is 8.11. The fourth-order valence-electron chi connectivity index (χ4n) is 6.11. The number of aromatic nitrogens is 5. The molecule has 0 spiro atoms. The lowest BCUT2D eigenvalue weighted by Gasteiger charge is -2.10. The summed E-state index contributed by atoms with van der Waals surface area (Å²) in [5.41, 5.74) is 6.06. The van der Waals surface area contributed by atoms with Gasteiger partial charge in [0.2, 0.25) is 0 Å². The molecule has 0 unspecified atom stereocenters. The molecule has 0 N–H and O–H groups in total. The number of hydrogen-bond acceptors (Lipinski definition) is 5. The predicted molar refractivity (Wildman–Crippen MR) is 181 cm³/mol. The van der Waals surface area contributed by atoms with Crippen molar-refractivity contribution in [3.05, 3.63) is 140 Å². The molecule has 0 saturated carbocycles. The van der Waals surface area contributed by atoms with Gasteiger partial charge in [0.05, 0.1) is 11.2 Å². The molecule has 9 aromatic rings. The van der Waals surface area contributed by atoms with Crippen molar-refractivity contribution in [1.29, 1.82) is 0 Å². The van der Waals surface area contributed by atoms with Crippen LogP contribution in [0.2, 0.25) is 0 Å². The van der Waals surface area contributed by atoms with Gasteiger partial charge in [0.25, 0.3) is 0 Å². The van der Waals surface area contributed by atoms with Crippen LogP contribution in [0.25, 0.3) is 82.0 Å². The second kappa shape index (κ2) is 9.93.